The topological polar surface area (TPSA) is 84.9 Å². The van der Waals surface area contributed by atoms with Gasteiger partial charge in [0.1, 0.15) is 17.4 Å². The van der Waals surface area contributed by atoms with Gasteiger partial charge in [-0.05, 0) is 38.5 Å². The van der Waals surface area contributed by atoms with E-state index in [9.17, 15) is 23.5 Å². The van der Waals surface area contributed by atoms with E-state index in [0.717, 1.165) is 0 Å². The molecule has 6 nitrogen and oxygen atoms in total. The van der Waals surface area contributed by atoms with Crippen LogP contribution >= 0.6 is 27.5 Å². The zero-order valence-electron chi connectivity index (χ0n) is 14.3. The van der Waals surface area contributed by atoms with E-state index in [2.05, 4.69) is 26.0 Å². The van der Waals surface area contributed by atoms with E-state index >= 15 is 0 Å². The van der Waals surface area contributed by atoms with Crippen molar-refractivity contribution in [3.05, 3.63) is 29.8 Å². The Bertz CT molecular complexity index is 635. The van der Waals surface area contributed by atoms with Crippen molar-refractivity contribution in [3.63, 3.8) is 0 Å². The molecule has 1 aromatic rings. The third-order valence-electron chi connectivity index (χ3n) is 2.86. The molecule has 0 aliphatic heterocycles. The number of carboxylic acid groups (broad SMARTS) is 1. The molecule has 0 aromatic heterocycles. The van der Waals surface area contributed by atoms with Crippen LogP contribution in [0.1, 0.15) is 26.3 Å². The maximum atomic E-state index is 13.4. The monoisotopic (exact) mass is 457 g/mol. The Morgan fingerprint density at radius 1 is 1.27 bits per heavy atom. The van der Waals surface area contributed by atoms with Crippen LogP contribution in [0.25, 0.3) is 0 Å². The summed E-state index contributed by atoms with van der Waals surface area (Å²) in [4.78, 5) is 23.0. The predicted octanol–water partition coefficient (Wildman–Crippen LogP) is 4.14. The van der Waals surface area contributed by atoms with Gasteiger partial charge in [0.15, 0.2) is 4.29 Å². The summed E-state index contributed by atoms with van der Waals surface area (Å²) in [6, 6.07) is 4.09. The quantitative estimate of drug-likeness (QED) is 0.600. The number of carbonyl (C=O) groups excluding carboxylic acids is 1. The van der Waals surface area contributed by atoms with Crippen molar-refractivity contribution in [3.8, 4) is 5.75 Å². The highest BCUT2D eigenvalue weighted by Gasteiger charge is 2.39. The second-order valence-corrected chi connectivity index (χ2v) is 8.23. The summed E-state index contributed by atoms with van der Waals surface area (Å²) >= 11 is 7.81. The first kappa shape index (κ1) is 22.4. The number of aliphatic carboxylic acids is 1. The van der Waals surface area contributed by atoms with Crippen molar-refractivity contribution in [2.75, 3.05) is 0 Å². The number of hydrogen-bond acceptors (Lipinski definition) is 4. The Morgan fingerprint density at radius 2 is 1.81 bits per heavy atom. The lowest BCUT2D eigenvalue weighted by atomic mass is 10.1. The molecule has 0 heterocycles. The summed E-state index contributed by atoms with van der Waals surface area (Å²) in [5.74, 6) is -1.40. The number of ether oxygens (including phenoxy) is 2. The van der Waals surface area contributed by atoms with Crippen LogP contribution in [0, 0.1) is 0 Å². The third kappa shape index (κ3) is 7.74. The number of benzene rings is 1. The van der Waals surface area contributed by atoms with E-state index in [1.807, 2.05) is 0 Å². The van der Waals surface area contributed by atoms with E-state index in [4.69, 9.17) is 16.3 Å². The van der Waals surface area contributed by atoms with E-state index in [-0.39, 0.29) is 12.2 Å². The number of halogens is 4. The van der Waals surface area contributed by atoms with Gasteiger partial charge in [-0.25, -0.2) is 9.59 Å². The molecule has 0 fully saturated rings. The van der Waals surface area contributed by atoms with Gasteiger partial charge < -0.3 is 19.9 Å². The molecule has 0 spiro atoms. The number of rotatable bonds is 7. The SMILES string of the molecule is CC(C)(C)OC(=O)N[C@H](Cc1ccc(OC(F)(F)[C@H](Cl)Br)cc1)C(=O)O. The summed E-state index contributed by atoms with van der Waals surface area (Å²) in [7, 11) is 0. The fraction of sp³-hybridized carbons (Fsp3) is 0.500. The molecule has 0 radical (unpaired) electrons. The first-order valence-electron chi connectivity index (χ1n) is 7.46. The largest absolute Gasteiger partial charge is 0.480 e. The fourth-order valence-electron chi connectivity index (χ4n) is 1.78. The summed E-state index contributed by atoms with van der Waals surface area (Å²) in [5.41, 5.74) is -0.280. The molecule has 1 aromatic carbocycles. The predicted molar refractivity (Wildman–Crippen MR) is 95.1 cm³/mol. The van der Waals surface area contributed by atoms with Crippen LogP contribution in [-0.2, 0) is 16.0 Å². The Balaban J connectivity index is 2.75. The summed E-state index contributed by atoms with van der Waals surface area (Å²) in [5, 5.41) is 11.5. The molecule has 26 heavy (non-hydrogen) atoms. The number of hydrogen-bond donors (Lipinski definition) is 2. The molecule has 0 saturated heterocycles. The Hall–Kier alpha value is -1.61. The zero-order valence-corrected chi connectivity index (χ0v) is 16.6. The van der Waals surface area contributed by atoms with Gasteiger partial charge in [0.2, 0.25) is 0 Å². The van der Waals surface area contributed by atoms with Gasteiger partial charge in [-0.3, -0.25) is 0 Å². The normalized spacial score (nSPS) is 14.3. The van der Waals surface area contributed by atoms with Gasteiger partial charge in [-0.15, -0.1) is 0 Å². The summed E-state index contributed by atoms with van der Waals surface area (Å²) in [6.45, 7) is 4.94. The van der Waals surface area contributed by atoms with Gasteiger partial charge in [0.25, 0.3) is 0 Å². The van der Waals surface area contributed by atoms with Gasteiger partial charge in [0.05, 0.1) is 0 Å². The maximum Gasteiger partial charge on any atom is 0.424 e. The molecule has 0 saturated carbocycles. The van der Waals surface area contributed by atoms with Gasteiger partial charge in [-0.2, -0.15) is 8.78 Å². The molecule has 0 unspecified atom stereocenters. The van der Waals surface area contributed by atoms with Crippen LogP contribution in [0.3, 0.4) is 0 Å². The number of alkyl carbamates (subject to hydrolysis) is 1. The minimum Gasteiger partial charge on any atom is -0.480 e. The highest BCUT2D eigenvalue weighted by molar-refractivity contribution is 9.10. The average Bonchev–Trinajstić information content (AvgIpc) is 2.46. The van der Waals surface area contributed by atoms with E-state index in [1.165, 1.54) is 24.3 Å². The van der Waals surface area contributed by atoms with Gasteiger partial charge in [-0.1, -0.05) is 39.7 Å². The molecule has 2 N–H and O–H groups in total. The number of amides is 1. The first-order chi connectivity index (χ1) is 11.8. The minimum absolute atomic E-state index is 0.0676. The first-order valence-corrected chi connectivity index (χ1v) is 8.81. The van der Waals surface area contributed by atoms with Crippen molar-refractivity contribution in [1.29, 1.82) is 0 Å². The molecule has 1 rings (SSSR count). The molecule has 1 amide bonds. The van der Waals surface area contributed by atoms with Crippen LogP contribution < -0.4 is 10.1 Å². The van der Waals surface area contributed by atoms with Crippen LogP contribution in [0.15, 0.2) is 24.3 Å². The van der Waals surface area contributed by atoms with Gasteiger partial charge >= 0.3 is 18.2 Å². The molecule has 0 aliphatic carbocycles. The molecule has 10 heteroatoms. The number of nitrogens with one attached hydrogen (secondary N) is 1. The molecule has 146 valence electrons. The Labute approximate surface area is 162 Å². The van der Waals surface area contributed by atoms with Crippen molar-refractivity contribution in [2.45, 2.75) is 49.2 Å². The van der Waals surface area contributed by atoms with Crippen LogP contribution in [0.4, 0.5) is 13.6 Å². The van der Waals surface area contributed by atoms with Crippen molar-refractivity contribution < 1.29 is 33.0 Å². The highest BCUT2D eigenvalue weighted by atomic mass is 79.9. The average molecular weight is 459 g/mol. The van der Waals surface area contributed by atoms with Crippen LogP contribution in [0.5, 0.6) is 5.75 Å². The molecular weight excluding hydrogens is 440 g/mol. The number of carboxylic acids is 1. The highest BCUT2D eigenvalue weighted by Crippen LogP contribution is 2.31. The molecule has 0 bridgehead atoms. The second kappa shape index (κ2) is 8.85. The standard InChI is InChI=1S/C16H19BrClF2NO5/c1-15(2,3)26-14(24)21-11(12(22)23)8-9-4-6-10(7-5-9)25-16(19,20)13(17)18/h4-7,11,13H,8H2,1-3H3,(H,21,24)(H,22,23)/t11-,13+/m1/s1. The third-order valence-corrected chi connectivity index (χ3v) is 3.65. The Kier molecular flexibility index (Phi) is 7.64. The van der Waals surface area contributed by atoms with Crippen molar-refractivity contribution in [2.24, 2.45) is 0 Å². The van der Waals surface area contributed by atoms with Gasteiger partial charge in [0, 0.05) is 6.42 Å². The summed E-state index contributed by atoms with van der Waals surface area (Å²) < 4.78 is 34.6. The van der Waals surface area contributed by atoms with Crippen LogP contribution in [-0.4, -0.2) is 39.2 Å². The Morgan fingerprint density at radius 3 is 2.23 bits per heavy atom. The fourth-order valence-corrected chi connectivity index (χ4v) is 1.92. The van der Waals surface area contributed by atoms with Crippen LogP contribution in [0.2, 0.25) is 0 Å². The van der Waals surface area contributed by atoms with E-state index in [0.29, 0.717) is 5.56 Å². The molecular formula is C16H19BrClF2NO5. The minimum atomic E-state index is -3.62. The molecule has 2 atom stereocenters. The second-order valence-electron chi connectivity index (χ2n) is 6.35. The smallest absolute Gasteiger partial charge is 0.424 e. The lowest BCUT2D eigenvalue weighted by molar-refractivity contribution is -0.161. The lowest BCUT2D eigenvalue weighted by Gasteiger charge is -2.22. The molecule has 0 aliphatic rings. The number of alkyl halides is 4. The van der Waals surface area contributed by atoms with Crippen molar-refractivity contribution >= 4 is 39.6 Å². The van der Waals surface area contributed by atoms with E-state index in [1.54, 1.807) is 20.8 Å². The zero-order chi connectivity index (χ0) is 20.1. The number of carbonyl (C=O) groups is 2. The summed E-state index contributed by atoms with van der Waals surface area (Å²) in [6.07, 6.45) is -4.55. The van der Waals surface area contributed by atoms with Crippen molar-refractivity contribution in [1.82, 2.24) is 5.32 Å². The maximum absolute atomic E-state index is 13.4. The van der Waals surface area contributed by atoms with E-state index < -0.39 is 34.1 Å². The lowest BCUT2D eigenvalue weighted by Crippen LogP contribution is -2.44.